The van der Waals surface area contributed by atoms with Gasteiger partial charge in [-0.1, -0.05) is 25.0 Å². The van der Waals surface area contributed by atoms with Gasteiger partial charge in [-0.15, -0.1) is 0 Å². The van der Waals surface area contributed by atoms with Gasteiger partial charge in [0.2, 0.25) is 5.95 Å². The summed E-state index contributed by atoms with van der Waals surface area (Å²) in [6, 6.07) is 8.84. The molecule has 1 heterocycles. The lowest BCUT2D eigenvalue weighted by Gasteiger charge is -2.26. The number of hydrogen-bond donors (Lipinski definition) is 1. The van der Waals surface area contributed by atoms with Gasteiger partial charge >= 0.3 is 0 Å². The number of aromatic nitrogens is 2. The van der Waals surface area contributed by atoms with E-state index in [2.05, 4.69) is 39.4 Å². The van der Waals surface area contributed by atoms with Crippen molar-refractivity contribution < 1.29 is 0 Å². The standard InChI is InChI=1S/C15H20N4/c1-16-15-17-13-10-6-5-9-12(13)14(18-15)19(2)11-7-3-4-8-11/h5-6,9-11H,3-4,7-8H2,1-2H3,(H,16,17,18). The highest BCUT2D eigenvalue weighted by atomic mass is 15.2. The molecule has 0 spiro atoms. The van der Waals surface area contributed by atoms with Crippen LogP contribution in [0.3, 0.4) is 0 Å². The quantitative estimate of drug-likeness (QED) is 0.916. The van der Waals surface area contributed by atoms with E-state index >= 15 is 0 Å². The molecule has 1 N–H and O–H groups in total. The summed E-state index contributed by atoms with van der Waals surface area (Å²) in [5, 5.41) is 4.19. The van der Waals surface area contributed by atoms with Gasteiger partial charge < -0.3 is 10.2 Å². The van der Waals surface area contributed by atoms with Crippen molar-refractivity contribution in [2.24, 2.45) is 0 Å². The molecule has 1 aliphatic carbocycles. The maximum absolute atomic E-state index is 4.67. The van der Waals surface area contributed by atoms with Gasteiger partial charge in [0.05, 0.1) is 5.52 Å². The van der Waals surface area contributed by atoms with E-state index in [0.29, 0.717) is 12.0 Å². The van der Waals surface area contributed by atoms with Crippen LogP contribution in [0.15, 0.2) is 24.3 Å². The Morgan fingerprint density at radius 1 is 1.16 bits per heavy atom. The number of benzene rings is 1. The summed E-state index contributed by atoms with van der Waals surface area (Å²) in [4.78, 5) is 11.5. The smallest absolute Gasteiger partial charge is 0.224 e. The SMILES string of the molecule is CNc1nc(N(C)C2CCCC2)c2ccccc2n1. The number of para-hydroxylation sites is 1. The van der Waals surface area contributed by atoms with E-state index in [0.717, 1.165) is 16.7 Å². The lowest BCUT2D eigenvalue weighted by atomic mass is 10.2. The largest absolute Gasteiger partial charge is 0.357 e. The van der Waals surface area contributed by atoms with Gasteiger partial charge in [-0.05, 0) is 25.0 Å². The Kier molecular flexibility index (Phi) is 3.23. The summed E-state index contributed by atoms with van der Waals surface area (Å²) in [6.07, 6.45) is 5.20. The van der Waals surface area contributed by atoms with Crippen LogP contribution in [0.4, 0.5) is 11.8 Å². The van der Waals surface area contributed by atoms with Crippen LogP contribution in [0, 0.1) is 0 Å². The first-order valence-corrected chi connectivity index (χ1v) is 6.97. The second kappa shape index (κ2) is 5.03. The molecule has 3 rings (SSSR count). The zero-order valence-corrected chi connectivity index (χ0v) is 11.6. The van der Waals surface area contributed by atoms with E-state index in [1.54, 1.807) is 0 Å². The van der Waals surface area contributed by atoms with Crippen molar-refractivity contribution in [2.75, 3.05) is 24.3 Å². The molecule has 0 atom stereocenters. The molecule has 0 bridgehead atoms. The maximum atomic E-state index is 4.67. The molecular formula is C15H20N4. The highest BCUT2D eigenvalue weighted by Gasteiger charge is 2.22. The Morgan fingerprint density at radius 2 is 1.89 bits per heavy atom. The van der Waals surface area contributed by atoms with E-state index in [9.17, 15) is 0 Å². The molecule has 4 nitrogen and oxygen atoms in total. The Hall–Kier alpha value is -1.84. The topological polar surface area (TPSA) is 41.1 Å². The summed E-state index contributed by atoms with van der Waals surface area (Å²) in [5.74, 6) is 1.74. The van der Waals surface area contributed by atoms with E-state index in [1.165, 1.54) is 25.7 Å². The number of nitrogens with one attached hydrogen (secondary N) is 1. The van der Waals surface area contributed by atoms with E-state index in [4.69, 9.17) is 0 Å². The van der Waals surface area contributed by atoms with E-state index < -0.39 is 0 Å². The minimum Gasteiger partial charge on any atom is -0.357 e. The predicted octanol–water partition coefficient (Wildman–Crippen LogP) is 3.05. The maximum Gasteiger partial charge on any atom is 0.224 e. The van der Waals surface area contributed by atoms with Gasteiger partial charge in [-0.3, -0.25) is 0 Å². The van der Waals surface area contributed by atoms with Crippen LogP contribution in [0.2, 0.25) is 0 Å². The average Bonchev–Trinajstić information content (AvgIpc) is 2.99. The molecule has 19 heavy (non-hydrogen) atoms. The second-order valence-electron chi connectivity index (χ2n) is 5.19. The predicted molar refractivity (Wildman–Crippen MR) is 79.7 cm³/mol. The van der Waals surface area contributed by atoms with Crippen molar-refractivity contribution in [1.82, 2.24) is 9.97 Å². The van der Waals surface area contributed by atoms with Crippen molar-refractivity contribution in [3.8, 4) is 0 Å². The highest BCUT2D eigenvalue weighted by Crippen LogP contribution is 2.30. The van der Waals surface area contributed by atoms with Crippen LogP contribution in [0.1, 0.15) is 25.7 Å². The third-order valence-corrected chi connectivity index (χ3v) is 4.01. The first-order chi connectivity index (χ1) is 9.29. The van der Waals surface area contributed by atoms with Gasteiger partial charge in [0.15, 0.2) is 0 Å². The van der Waals surface area contributed by atoms with Crippen molar-refractivity contribution in [1.29, 1.82) is 0 Å². The summed E-state index contributed by atoms with van der Waals surface area (Å²) in [6.45, 7) is 0. The first kappa shape index (κ1) is 12.2. The van der Waals surface area contributed by atoms with Crippen LogP contribution < -0.4 is 10.2 Å². The molecule has 100 valence electrons. The average molecular weight is 256 g/mol. The molecule has 2 aromatic rings. The normalized spacial score (nSPS) is 15.9. The number of fused-ring (bicyclic) bond motifs is 1. The minimum absolute atomic E-state index is 0.614. The molecule has 1 saturated carbocycles. The third kappa shape index (κ3) is 2.23. The Labute approximate surface area is 113 Å². The molecule has 0 aliphatic heterocycles. The number of hydrogen-bond acceptors (Lipinski definition) is 4. The van der Waals surface area contributed by atoms with Crippen LogP contribution in [-0.2, 0) is 0 Å². The zero-order valence-electron chi connectivity index (χ0n) is 11.6. The molecule has 1 aromatic carbocycles. The lowest BCUT2D eigenvalue weighted by Crippen LogP contribution is -2.30. The Bertz CT molecular complexity index is 575. The van der Waals surface area contributed by atoms with Crippen molar-refractivity contribution >= 4 is 22.7 Å². The molecule has 0 saturated heterocycles. The Balaban J connectivity index is 2.09. The van der Waals surface area contributed by atoms with E-state index in [1.807, 2.05) is 19.2 Å². The van der Waals surface area contributed by atoms with Gasteiger partial charge in [-0.2, -0.15) is 4.98 Å². The fourth-order valence-electron chi connectivity index (χ4n) is 2.91. The molecule has 0 amide bonds. The molecule has 1 aromatic heterocycles. The van der Waals surface area contributed by atoms with Gasteiger partial charge in [0.1, 0.15) is 5.82 Å². The summed E-state index contributed by atoms with van der Waals surface area (Å²) >= 11 is 0. The molecular weight excluding hydrogens is 236 g/mol. The van der Waals surface area contributed by atoms with Crippen molar-refractivity contribution in [3.63, 3.8) is 0 Å². The van der Waals surface area contributed by atoms with Crippen LogP contribution in [0.25, 0.3) is 10.9 Å². The fraction of sp³-hybridized carbons (Fsp3) is 0.467. The molecule has 1 fully saturated rings. The lowest BCUT2D eigenvalue weighted by molar-refractivity contribution is 0.648. The molecule has 4 heteroatoms. The molecule has 1 aliphatic rings. The second-order valence-corrected chi connectivity index (χ2v) is 5.19. The minimum atomic E-state index is 0.614. The van der Waals surface area contributed by atoms with Gasteiger partial charge in [-0.25, -0.2) is 4.98 Å². The first-order valence-electron chi connectivity index (χ1n) is 6.97. The summed E-state index contributed by atoms with van der Waals surface area (Å²) in [5.41, 5.74) is 1.00. The van der Waals surface area contributed by atoms with Crippen molar-refractivity contribution in [2.45, 2.75) is 31.7 Å². The molecule has 0 radical (unpaired) electrons. The monoisotopic (exact) mass is 256 g/mol. The van der Waals surface area contributed by atoms with Crippen LogP contribution >= 0.6 is 0 Å². The summed E-state index contributed by atoms with van der Waals surface area (Å²) in [7, 11) is 4.02. The van der Waals surface area contributed by atoms with Gasteiger partial charge in [0.25, 0.3) is 0 Å². The van der Waals surface area contributed by atoms with E-state index in [-0.39, 0.29) is 0 Å². The number of nitrogens with zero attached hydrogens (tertiary/aromatic N) is 3. The fourth-order valence-corrected chi connectivity index (χ4v) is 2.91. The van der Waals surface area contributed by atoms with Crippen LogP contribution in [0.5, 0.6) is 0 Å². The molecule has 0 unspecified atom stereocenters. The number of rotatable bonds is 3. The zero-order chi connectivity index (χ0) is 13.2. The third-order valence-electron chi connectivity index (χ3n) is 4.01. The van der Waals surface area contributed by atoms with Gasteiger partial charge in [0, 0.05) is 25.5 Å². The highest BCUT2D eigenvalue weighted by molar-refractivity contribution is 5.90. The number of anilines is 2. The van der Waals surface area contributed by atoms with Crippen LogP contribution in [-0.4, -0.2) is 30.1 Å². The Morgan fingerprint density at radius 3 is 2.63 bits per heavy atom. The van der Waals surface area contributed by atoms with Crippen molar-refractivity contribution in [3.05, 3.63) is 24.3 Å². The summed E-state index contributed by atoms with van der Waals surface area (Å²) < 4.78 is 0.